The molecule has 0 aliphatic heterocycles. The van der Waals surface area contributed by atoms with E-state index in [4.69, 9.17) is 46.4 Å². The van der Waals surface area contributed by atoms with Gasteiger partial charge in [0, 0.05) is 5.41 Å². The van der Waals surface area contributed by atoms with E-state index in [1.807, 2.05) is 0 Å². The van der Waals surface area contributed by atoms with E-state index in [9.17, 15) is 10.2 Å². The van der Waals surface area contributed by atoms with Gasteiger partial charge in [0.1, 0.15) is 0 Å². The molecule has 1 fully saturated rings. The first-order valence-corrected chi connectivity index (χ1v) is 12.6. The Morgan fingerprint density at radius 2 is 1.21 bits per heavy atom. The second kappa shape index (κ2) is 9.58. The van der Waals surface area contributed by atoms with Gasteiger partial charge >= 0.3 is 0 Å². The average molecular weight is 524 g/mol. The predicted octanol–water partition coefficient (Wildman–Crippen LogP) is 9.48. The van der Waals surface area contributed by atoms with Crippen molar-refractivity contribution in [1.29, 1.82) is 0 Å². The molecule has 0 amide bonds. The molecule has 0 spiro atoms. The first-order chi connectivity index (χ1) is 15.6. The summed E-state index contributed by atoms with van der Waals surface area (Å²) < 4.78 is 0. The minimum Gasteiger partial charge on any atom is -0.505 e. The summed E-state index contributed by atoms with van der Waals surface area (Å²) in [6.45, 7) is 4.36. The van der Waals surface area contributed by atoms with Crippen molar-refractivity contribution >= 4 is 46.4 Å². The molecule has 33 heavy (non-hydrogen) atoms. The van der Waals surface area contributed by atoms with E-state index in [1.165, 1.54) is 11.1 Å². The van der Waals surface area contributed by atoms with Gasteiger partial charge in [-0.25, -0.2) is 0 Å². The lowest BCUT2D eigenvalue weighted by Gasteiger charge is -2.46. The van der Waals surface area contributed by atoms with Crippen LogP contribution in [0.2, 0.25) is 20.1 Å². The van der Waals surface area contributed by atoms with Crippen molar-refractivity contribution in [2.75, 3.05) is 0 Å². The van der Waals surface area contributed by atoms with Gasteiger partial charge in [0.05, 0.1) is 20.1 Å². The Balaban J connectivity index is 2.00. The minimum absolute atomic E-state index is 0.0980. The van der Waals surface area contributed by atoms with E-state index in [-0.39, 0.29) is 37.5 Å². The van der Waals surface area contributed by atoms with Crippen molar-refractivity contribution in [3.05, 3.63) is 90.9 Å². The zero-order valence-electron chi connectivity index (χ0n) is 18.5. The van der Waals surface area contributed by atoms with Crippen molar-refractivity contribution in [3.8, 4) is 11.5 Å². The molecule has 6 heteroatoms. The summed E-state index contributed by atoms with van der Waals surface area (Å²) in [5.41, 5.74) is 3.74. The zero-order valence-corrected chi connectivity index (χ0v) is 21.5. The van der Waals surface area contributed by atoms with Crippen LogP contribution in [-0.4, -0.2) is 10.2 Å². The normalized spacial score (nSPS) is 18.0. The van der Waals surface area contributed by atoms with Gasteiger partial charge in [0.25, 0.3) is 0 Å². The van der Waals surface area contributed by atoms with Crippen LogP contribution in [0.25, 0.3) is 0 Å². The number of halogens is 4. The van der Waals surface area contributed by atoms with Crippen molar-refractivity contribution in [3.63, 3.8) is 0 Å². The first-order valence-electron chi connectivity index (χ1n) is 11.1. The maximum Gasteiger partial charge on any atom is 0.152 e. The molecule has 1 atom stereocenters. The quantitative estimate of drug-likeness (QED) is 0.357. The van der Waals surface area contributed by atoms with Gasteiger partial charge in [-0.1, -0.05) is 97.4 Å². The summed E-state index contributed by atoms with van der Waals surface area (Å²) in [4.78, 5) is 0. The third-order valence-electron chi connectivity index (χ3n) is 6.98. The summed E-state index contributed by atoms with van der Waals surface area (Å²) in [7, 11) is 0. The molecule has 174 valence electrons. The van der Waals surface area contributed by atoms with Crippen LogP contribution in [0, 0.1) is 0 Å². The second-order valence-corrected chi connectivity index (χ2v) is 10.8. The Morgan fingerprint density at radius 3 is 1.64 bits per heavy atom. The lowest BCUT2D eigenvalue weighted by Crippen LogP contribution is -2.38. The Morgan fingerprint density at radius 1 is 0.758 bits per heavy atom. The van der Waals surface area contributed by atoms with E-state index < -0.39 is 5.41 Å². The second-order valence-electron chi connectivity index (χ2n) is 9.17. The van der Waals surface area contributed by atoms with Crippen LogP contribution in [0.1, 0.15) is 73.6 Å². The van der Waals surface area contributed by atoms with Gasteiger partial charge in [-0.15, -0.1) is 0 Å². The Bertz CT molecular complexity index is 1070. The predicted molar refractivity (Wildman–Crippen MR) is 139 cm³/mol. The highest BCUT2D eigenvalue weighted by Crippen LogP contribution is 2.56. The molecule has 1 aliphatic rings. The van der Waals surface area contributed by atoms with Crippen LogP contribution in [0.5, 0.6) is 11.5 Å². The van der Waals surface area contributed by atoms with Crippen molar-refractivity contribution in [2.24, 2.45) is 0 Å². The molecule has 0 radical (unpaired) electrons. The fourth-order valence-corrected chi connectivity index (χ4v) is 6.22. The minimum atomic E-state index is -0.542. The molecule has 2 N–H and O–H groups in total. The lowest BCUT2D eigenvalue weighted by atomic mass is 9.57. The van der Waals surface area contributed by atoms with E-state index >= 15 is 0 Å². The zero-order chi connectivity index (χ0) is 23.9. The van der Waals surface area contributed by atoms with Gasteiger partial charge < -0.3 is 10.2 Å². The number of phenolic OH excluding ortho intramolecular Hbond substituents is 2. The molecule has 0 aromatic heterocycles. The number of hydrogen-bond acceptors (Lipinski definition) is 2. The molecular weight excluding hydrogens is 498 g/mol. The number of phenols is 2. The molecule has 3 aromatic rings. The van der Waals surface area contributed by atoms with Crippen LogP contribution in [0.4, 0.5) is 0 Å². The molecule has 0 saturated heterocycles. The summed E-state index contributed by atoms with van der Waals surface area (Å²) >= 11 is 25.6. The van der Waals surface area contributed by atoms with Crippen LogP contribution >= 0.6 is 46.4 Å². The van der Waals surface area contributed by atoms with Gasteiger partial charge in [-0.05, 0) is 71.2 Å². The molecule has 1 unspecified atom stereocenters. The summed E-state index contributed by atoms with van der Waals surface area (Å²) in [5.74, 6) is 0.278. The molecular formula is C27H26Cl4O2. The number of hydrogen-bond donors (Lipinski definition) is 2. The van der Waals surface area contributed by atoms with E-state index in [2.05, 4.69) is 38.1 Å². The standard InChI is InChI=1S/C27H26Cl4O2/c1-15(2)16-6-8-17(9-7-16)20-5-3-4-10-27(20,18-11-21(28)25(32)22(29)12-18)19-13-23(30)26(33)24(31)14-19/h6-9,11-15,20,32-33H,3-5,10H2,1-2H3. The van der Waals surface area contributed by atoms with E-state index in [0.717, 1.165) is 36.8 Å². The number of benzene rings is 3. The molecule has 3 aromatic carbocycles. The van der Waals surface area contributed by atoms with Gasteiger partial charge in [-0.2, -0.15) is 0 Å². The third-order valence-corrected chi connectivity index (χ3v) is 8.13. The molecule has 2 nitrogen and oxygen atoms in total. The Labute approximate surface area is 215 Å². The van der Waals surface area contributed by atoms with Crippen molar-refractivity contribution in [2.45, 2.75) is 56.8 Å². The maximum absolute atomic E-state index is 10.2. The SMILES string of the molecule is CC(C)c1ccc(C2CCCCC2(c2cc(Cl)c(O)c(Cl)c2)c2cc(Cl)c(O)c(Cl)c2)cc1. The highest BCUT2D eigenvalue weighted by atomic mass is 35.5. The highest BCUT2D eigenvalue weighted by Gasteiger charge is 2.45. The maximum atomic E-state index is 10.2. The van der Waals surface area contributed by atoms with Crippen molar-refractivity contribution in [1.82, 2.24) is 0 Å². The lowest BCUT2D eigenvalue weighted by molar-refractivity contribution is 0.294. The molecule has 0 bridgehead atoms. The highest BCUT2D eigenvalue weighted by molar-refractivity contribution is 6.37. The van der Waals surface area contributed by atoms with E-state index in [1.54, 1.807) is 24.3 Å². The Kier molecular flexibility index (Phi) is 7.13. The van der Waals surface area contributed by atoms with E-state index in [0.29, 0.717) is 5.92 Å². The first kappa shape index (κ1) is 24.5. The van der Waals surface area contributed by atoms with Crippen LogP contribution < -0.4 is 0 Å². The molecule has 1 aliphatic carbocycles. The number of rotatable bonds is 4. The summed E-state index contributed by atoms with van der Waals surface area (Å²) in [5, 5.41) is 21.3. The van der Waals surface area contributed by atoms with Crippen LogP contribution in [0.15, 0.2) is 48.5 Å². The fraction of sp³-hybridized carbons (Fsp3) is 0.333. The third kappa shape index (κ3) is 4.44. The topological polar surface area (TPSA) is 40.5 Å². The van der Waals surface area contributed by atoms with Crippen LogP contribution in [0.3, 0.4) is 0 Å². The largest absolute Gasteiger partial charge is 0.505 e. The average Bonchev–Trinajstić information content (AvgIpc) is 2.80. The molecule has 0 heterocycles. The van der Waals surface area contributed by atoms with Gasteiger partial charge in [0.2, 0.25) is 0 Å². The van der Waals surface area contributed by atoms with Gasteiger partial charge in [0.15, 0.2) is 11.5 Å². The number of aromatic hydroxyl groups is 2. The molecule has 1 saturated carbocycles. The Hall–Kier alpha value is -1.58. The van der Waals surface area contributed by atoms with Crippen LogP contribution in [-0.2, 0) is 5.41 Å². The van der Waals surface area contributed by atoms with Gasteiger partial charge in [-0.3, -0.25) is 0 Å². The smallest absolute Gasteiger partial charge is 0.152 e. The monoisotopic (exact) mass is 522 g/mol. The van der Waals surface area contributed by atoms with Crippen molar-refractivity contribution < 1.29 is 10.2 Å². The fourth-order valence-electron chi connectivity index (χ4n) is 5.24. The summed E-state index contributed by atoms with van der Waals surface area (Å²) in [6, 6.07) is 15.9. The molecule has 4 rings (SSSR count). The summed E-state index contributed by atoms with van der Waals surface area (Å²) in [6.07, 6.45) is 3.84.